The van der Waals surface area contributed by atoms with Crippen LogP contribution in [0.15, 0.2) is 30.8 Å². The molecule has 0 aliphatic rings. The molecule has 0 fully saturated rings. The third kappa shape index (κ3) is 6.99. The molecule has 0 aliphatic carbocycles. The third-order valence-electron chi connectivity index (χ3n) is 2.26. The average Bonchev–Trinajstić information content (AvgIpc) is 2.24. The van der Waals surface area contributed by atoms with E-state index in [0.717, 1.165) is 5.56 Å². The van der Waals surface area contributed by atoms with Gasteiger partial charge in [0.1, 0.15) is 11.4 Å². The molecule has 116 valence electrons. The number of benzene rings is 1. The molecular weight excluding hydrogens is 282 g/mol. The van der Waals surface area contributed by atoms with Gasteiger partial charge in [-0.3, -0.25) is 5.32 Å². The molecule has 1 aromatic rings. The normalized spacial score (nSPS) is 11.7. The number of ether oxygens (including phenoxy) is 1. The molecular formula is C16H25NO3Si. The van der Waals surface area contributed by atoms with Gasteiger partial charge in [-0.2, -0.15) is 0 Å². The number of carbonyl (C=O) groups excluding carboxylic acids is 1. The van der Waals surface area contributed by atoms with E-state index in [-0.39, 0.29) is 0 Å². The molecule has 4 nitrogen and oxygen atoms in total. The number of amides is 1. The predicted octanol–water partition coefficient (Wildman–Crippen LogP) is 4.86. The zero-order valence-corrected chi connectivity index (χ0v) is 14.7. The maximum absolute atomic E-state index is 11.8. The van der Waals surface area contributed by atoms with Crippen LogP contribution >= 0.6 is 0 Å². The van der Waals surface area contributed by atoms with Crippen LogP contribution in [0.25, 0.3) is 5.76 Å². The molecule has 0 aliphatic heterocycles. The number of nitrogens with one attached hydrogen (secondary N) is 1. The first kappa shape index (κ1) is 17.3. The minimum atomic E-state index is -1.70. The maximum atomic E-state index is 11.8. The summed E-state index contributed by atoms with van der Waals surface area (Å²) < 4.78 is 11.1. The highest BCUT2D eigenvalue weighted by Crippen LogP contribution is 2.22. The molecule has 0 aromatic heterocycles. The van der Waals surface area contributed by atoms with E-state index in [1.807, 2.05) is 39.0 Å². The van der Waals surface area contributed by atoms with Crippen LogP contribution in [0.2, 0.25) is 19.6 Å². The van der Waals surface area contributed by atoms with E-state index in [9.17, 15) is 4.79 Å². The van der Waals surface area contributed by atoms with Crippen molar-refractivity contribution in [2.75, 3.05) is 5.32 Å². The second-order valence-corrected chi connectivity index (χ2v) is 11.3. The lowest BCUT2D eigenvalue weighted by atomic mass is 10.2. The van der Waals surface area contributed by atoms with Gasteiger partial charge in [0.25, 0.3) is 0 Å². The Morgan fingerprint density at radius 2 is 1.86 bits per heavy atom. The Kier molecular flexibility index (Phi) is 5.23. The Morgan fingerprint density at radius 3 is 2.38 bits per heavy atom. The van der Waals surface area contributed by atoms with Crippen molar-refractivity contribution >= 4 is 25.9 Å². The highest BCUT2D eigenvalue weighted by atomic mass is 28.4. The van der Waals surface area contributed by atoms with Gasteiger partial charge in [-0.1, -0.05) is 18.7 Å². The van der Waals surface area contributed by atoms with Crippen molar-refractivity contribution in [2.45, 2.75) is 46.0 Å². The average molecular weight is 307 g/mol. The highest BCUT2D eigenvalue weighted by Gasteiger charge is 2.18. The summed E-state index contributed by atoms with van der Waals surface area (Å²) in [4.78, 5) is 11.8. The van der Waals surface area contributed by atoms with Crippen LogP contribution in [-0.4, -0.2) is 20.0 Å². The minimum absolute atomic E-state index is 0.476. The number of hydrogen-bond donors (Lipinski definition) is 1. The van der Waals surface area contributed by atoms with Gasteiger partial charge < -0.3 is 9.16 Å². The lowest BCUT2D eigenvalue weighted by molar-refractivity contribution is 0.0636. The molecule has 0 atom stereocenters. The van der Waals surface area contributed by atoms with Gasteiger partial charge in [-0.05, 0) is 52.5 Å². The molecule has 1 N–H and O–H groups in total. The molecule has 1 amide bonds. The van der Waals surface area contributed by atoms with E-state index in [1.165, 1.54) is 0 Å². The van der Waals surface area contributed by atoms with Crippen molar-refractivity contribution in [1.82, 2.24) is 0 Å². The quantitative estimate of drug-likeness (QED) is 0.638. The lowest BCUT2D eigenvalue weighted by Crippen LogP contribution is -2.27. The smallest absolute Gasteiger partial charge is 0.412 e. The monoisotopic (exact) mass is 307 g/mol. The third-order valence-corrected chi connectivity index (χ3v) is 3.12. The summed E-state index contributed by atoms with van der Waals surface area (Å²) in [7, 11) is -1.70. The largest absolute Gasteiger partial charge is 0.544 e. The summed E-state index contributed by atoms with van der Waals surface area (Å²) in [6, 6.07) is 7.38. The van der Waals surface area contributed by atoms with Gasteiger partial charge in [0.05, 0.1) is 0 Å². The fraction of sp³-hybridized carbons (Fsp3) is 0.438. The number of anilines is 1. The molecule has 0 spiro atoms. The van der Waals surface area contributed by atoms with Gasteiger partial charge in [-0.15, -0.1) is 0 Å². The van der Waals surface area contributed by atoms with E-state index in [0.29, 0.717) is 11.4 Å². The first-order valence-electron chi connectivity index (χ1n) is 6.95. The summed E-state index contributed by atoms with van der Waals surface area (Å²) in [6.07, 6.45) is -0.476. The van der Waals surface area contributed by atoms with E-state index in [4.69, 9.17) is 9.16 Å². The molecule has 1 aromatic carbocycles. The Bertz CT molecular complexity index is 527. The Hall–Kier alpha value is -1.75. The van der Waals surface area contributed by atoms with E-state index >= 15 is 0 Å². The fourth-order valence-electron chi connectivity index (χ4n) is 1.62. The van der Waals surface area contributed by atoms with Crippen LogP contribution in [0.3, 0.4) is 0 Å². The zero-order valence-electron chi connectivity index (χ0n) is 13.7. The Balaban J connectivity index is 2.77. The van der Waals surface area contributed by atoms with E-state index in [2.05, 4.69) is 31.5 Å². The van der Waals surface area contributed by atoms with Crippen molar-refractivity contribution in [2.24, 2.45) is 0 Å². The first-order chi connectivity index (χ1) is 9.46. The van der Waals surface area contributed by atoms with Crippen LogP contribution in [0.5, 0.6) is 0 Å². The summed E-state index contributed by atoms with van der Waals surface area (Å²) in [5.41, 5.74) is 0.986. The SMILES string of the molecule is C=C(O[Si](C)(C)C)c1cccc(NC(=O)OC(C)(C)C)c1. The van der Waals surface area contributed by atoms with Gasteiger partial charge in [0, 0.05) is 11.3 Å². The van der Waals surface area contributed by atoms with E-state index < -0.39 is 20.0 Å². The van der Waals surface area contributed by atoms with Gasteiger partial charge in [0.2, 0.25) is 8.32 Å². The summed E-state index contributed by atoms with van der Waals surface area (Å²) in [5.74, 6) is 0.627. The predicted molar refractivity (Wildman–Crippen MR) is 89.8 cm³/mol. The number of rotatable bonds is 4. The molecule has 0 bridgehead atoms. The van der Waals surface area contributed by atoms with Crippen molar-refractivity contribution in [1.29, 1.82) is 0 Å². The Labute approximate surface area is 128 Å². The second kappa shape index (κ2) is 6.35. The standard InChI is InChI=1S/C16H25NO3Si/c1-12(20-21(5,6)7)13-9-8-10-14(11-13)17-15(18)19-16(2,3)4/h8-11H,1H2,2-7H3,(H,17,18). The van der Waals surface area contributed by atoms with Crippen molar-refractivity contribution in [3.05, 3.63) is 36.4 Å². The summed E-state index contributed by atoms with van der Waals surface area (Å²) in [6.45, 7) is 15.7. The van der Waals surface area contributed by atoms with Gasteiger partial charge in [-0.25, -0.2) is 4.79 Å². The lowest BCUT2D eigenvalue weighted by Gasteiger charge is -2.22. The molecule has 21 heavy (non-hydrogen) atoms. The second-order valence-electron chi connectivity index (χ2n) is 6.85. The van der Waals surface area contributed by atoms with Crippen LogP contribution in [0.4, 0.5) is 10.5 Å². The van der Waals surface area contributed by atoms with Crippen LogP contribution < -0.4 is 5.32 Å². The molecule has 0 heterocycles. The number of hydrogen-bond acceptors (Lipinski definition) is 3. The minimum Gasteiger partial charge on any atom is -0.544 e. The highest BCUT2D eigenvalue weighted by molar-refractivity contribution is 6.70. The molecule has 0 saturated carbocycles. The Morgan fingerprint density at radius 1 is 1.24 bits per heavy atom. The molecule has 1 rings (SSSR count). The van der Waals surface area contributed by atoms with Crippen molar-refractivity contribution < 1.29 is 14.0 Å². The van der Waals surface area contributed by atoms with E-state index in [1.54, 1.807) is 6.07 Å². The summed E-state index contributed by atoms with van der Waals surface area (Å²) in [5, 5.41) is 2.71. The van der Waals surface area contributed by atoms with Gasteiger partial charge >= 0.3 is 6.09 Å². The van der Waals surface area contributed by atoms with Crippen LogP contribution in [0.1, 0.15) is 26.3 Å². The maximum Gasteiger partial charge on any atom is 0.412 e. The molecule has 0 unspecified atom stereocenters. The molecule has 5 heteroatoms. The van der Waals surface area contributed by atoms with Crippen molar-refractivity contribution in [3.63, 3.8) is 0 Å². The molecule has 0 radical (unpaired) electrons. The zero-order chi connectivity index (χ0) is 16.3. The number of carbonyl (C=O) groups is 1. The van der Waals surface area contributed by atoms with Crippen LogP contribution in [0, 0.1) is 0 Å². The van der Waals surface area contributed by atoms with Crippen molar-refractivity contribution in [3.8, 4) is 0 Å². The molecule has 0 saturated heterocycles. The topological polar surface area (TPSA) is 47.6 Å². The summed E-state index contributed by atoms with van der Waals surface area (Å²) >= 11 is 0. The van der Waals surface area contributed by atoms with Crippen LogP contribution in [-0.2, 0) is 9.16 Å². The fourth-order valence-corrected chi connectivity index (χ4v) is 2.48. The first-order valence-corrected chi connectivity index (χ1v) is 10.4. The van der Waals surface area contributed by atoms with Gasteiger partial charge in [0.15, 0.2) is 0 Å².